The molecular weight excluding hydrogens is 376 g/mol. The molecule has 142 valence electrons. The molecule has 1 aromatic carbocycles. The highest BCUT2D eigenvalue weighted by Gasteiger charge is 2.18. The number of aromatic amines is 1. The predicted octanol–water partition coefficient (Wildman–Crippen LogP) is 3.25. The number of thiazole rings is 1. The number of benzene rings is 1. The second-order valence-electron chi connectivity index (χ2n) is 6.73. The van der Waals surface area contributed by atoms with Crippen LogP contribution in [0.5, 0.6) is 0 Å². The fraction of sp³-hybridized carbons (Fsp3) is 0.200. The van der Waals surface area contributed by atoms with Crippen molar-refractivity contribution in [3.05, 3.63) is 62.4 Å². The number of nitrogens with one attached hydrogen (secondary N) is 3. The standard InChI is InChI=1S/C20H18N4O3S/c1-10-7-15(22-17(26)8-10)19(27)24-20-23-18(11(2)28-20)13-3-5-14-12(9-13)4-6-16(25)21-14/h3,5,7-9H,4,6H2,1-2H3,(H,21,25)(H,22,26)(H,23,24,27). The molecule has 1 aliphatic rings. The van der Waals surface area contributed by atoms with Crippen LogP contribution in [-0.2, 0) is 11.2 Å². The molecule has 0 spiro atoms. The van der Waals surface area contributed by atoms with Gasteiger partial charge in [-0.3, -0.25) is 19.7 Å². The minimum Gasteiger partial charge on any atom is -0.326 e. The van der Waals surface area contributed by atoms with Gasteiger partial charge in [0.1, 0.15) is 5.69 Å². The van der Waals surface area contributed by atoms with Gasteiger partial charge in [0.25, 0.3) is 5.91 Å². The van der Waals surface area contributed by atoms with E-state index >= 15 is 0 Å². The lowest BCUT2D eigenvalue weighted by atomic mass is 9.99. The predicted molar refractivity (Wildman–Crippen MR) is 109 cm³/mol. The summed E-state index contributed by atoms with van der Waals surface area (Å²) in [5.41, 5.74) is 4.24. The van der Waals surface area contributed by atoms with Crippen molar-refractivity contribution in [3.63, 3.8) is 0 Å². The molecular formula is C20H18N4O3S. The summed E-state index contributed by atoms with van der Waals surface area (Å²) < 4.78 is 0. The molecule has 3 aromatic rings. The average molecular weight is 394 g/mol. The Morgan fingerprint density at radius 1 is 1.14 bits per heavy atom. The van der Waals surface area contributed by atoms with Gasteiger partial charge in [0, 0.05) is 28.6 Å². The molecule has 0 saturated carbocycles. The lowest BCUT2D eigenvalue weighted by Crippen LogP contribution is -2.19. The fourth-order valence-corrected chi connectivity index (χ4v) is 4.05. The quantitative estimate of drug-likeness (QED) is 0.634. The first-order valence-corrected chi connectivity index (χ1v) is 9.63. The Kier molecular flexibility index (Phi) is 4.56. The molecule has 2 amide bonds. The molecule has 0 radical (unpaired) electrons. The summed E-state index contributed by atoms with van der Waals surface area (Å²) in [6, 6.07) is 8.88. The largest absolute Gasteiger partial charge is 0.326 e. The van der Waals surface area contributed by atoms with Crippen molar-refractivity contribution < 1.29 is 9.59 Å². The molecule has 0 unspecified atom stereocenters. The number of carbonyl (C=O) groups is 2. The zero-order chi connectivity index (χ0) is 19.8. The van der Waals surface area contributed by atoms with Crippen LogP contribution in [0.25, 0.3) is 11.3 Å². The van der Waals surface area contributed by atoms with E-state index in [1.54, 1.807) is 13.0 Å². The van der Waals surface area contributed by atoms with Gasteiger partial charge < -0.3 is 10.3 Å². The number of hydrogen-bond donors (Lipinski definition) is 3. The van der Waals surface area contributed by atoms with E-state index in [1.807, 2.05) is 25.1 Å². The summed E-state index contributed by atoms with van der Waals surface area (Å²) in [6.45, 7) is 3.70. The van der Waals surface area contributed by atoms with Crippen molar-refractivity contribution in [2.24, 2.45) is 0 Å². The molecule has 0 atom stereocenters. The van der Waals surface area contributed by atoms with Gasteiger partial charge in [-0.05, 0) is 49.6 Å². The summed E-state index contributed by atoms with van der Waals surface area (Å²) in [4.78, 5) is 43.6. The molecule has 0 saturated heterocycles. The Morgan fingerprint density at radius 3 is 2.75 bits per heavy atom. The van der Waals surface area contributed by atoms with E-state index in [0.717, 1.165) is 27.4 Å². The minimum absolute atomic E-state index is 0.0317. The van der Waals surface area contributed by atoms with E-state index in [9.17, 15) is 14.4 Å². The van der Waals surface area contributed by atoms with E-state index < -0.39 is 5.91 Å². The number of carbonyl (C=O) groups excluding carboxylic acids is 2. The first kappa shape index (κ1) is 18.1. The highest BCUT2D eigenvalue weighted by Crippen LogP contribution is 2.33. The Bertz CT molecular complexity index is 1160. The maximum atomic E-state index is 12.4. The van der Waals surface area contributed by atoms with Gasteiger partial charge in [0.05, 0.1) is 5.69 Å². The number of H-pyrrole nitrogens is 1. The Morgan fingerprint density at radius 2 is 1.96 bits per heavy atom. The van der Waals surface area contributed by atoms with Crippen LogP contribution in [0.2, 0.25) is 0 Å². The summed E-state index contributed by atoms with van der Waals surface area (Å²) >= 11 is 1.37. The zero-order valence-electron chi connectivity index (χ0n) is 15.4. The number of hydrogen-bond acceptors (Lipinski definition) is 5. The Hall–Kier alpha value is -3.26. The van der Waals surface area contributed by atoms with Gasteiger partial charge in [-0.25, -0.2) is 4.98 Å². The monoisotopic (exact) mass is 394 g/mol. The van der Waals surface area contributed by atoms with Crippen LogP contribution < -0.4 is 16.2 Å². The van der Waals surface area contributed by atoms with Crippen molar-refractivity contribution in [3.8, 4) is 11.3 Å². The molecule has 0 bridgehead atoms. The molecule has 0 fully saturated rings. The molecule has 1 aliphatic heterocycles. The summed E-state index contributed by atoms with van der Waals surface area (Å²) in [5, 5.41) is 6.09. The Balaban J connectivity index is 1.59. The molecule has 8 heteroatoms. The van der Waals surface area contributed by atoms with E-state index in [0.29, 0.717) is 23.5 Å². The molecule has 4 rings (SSSR count). The minimum atomic E-state index is -0.408. The zero-order valence-corrected chi connectivity index (χ0v) is 16.2. The number of aromatic nitrogens is 2. The molecule has 3 N–H and O–H groups in total. The van der Waals surface area contributed by atoms with E-state index in [2.05, 4.69) is 20.6 Å². The number of anilines is 2. The van der Waals surface area contributed by atoms with Gasteiger partial charge in [-0.15, -0.1) is 11.3 Å². The Labute approximate surface area is 164 Å². The highest BCUT2D eigenvalue weighted by atomic mass is 32.1. The highest BCUT2D eigenvalue weighted by molar-refractivity contribution is 7.16. The van der Waals surface area contributed by atoms with Crippen molar-refractivity contribution in [2.45, 2.75) is 26.7 Å². The first-order valence-electron chi connectivity index (χ1n) is 8.82. The third kappa shape index (κ3) is 3.59. The summed E-state index contributed by atoms with van der Waals surface area (Å²) in [5.74, 6) is -0.376. The van der Waals surface area contributed by atoms with Crippen molar-refractivity contribution in [1.82, 2.24) is 9.97 Å². The molecule has 2 aromatic heterocycles. The second-order valence-corrected chi connectivity index (χ2v) is 7.94. The SMILES string of the molecule is Cc1cc(C(=O)Nc2nc(-c3ccc4c(c3)CCC(=O)N4)c(C)s2)[nH]c(=O)c1. The third-order valence-corrected chi connectivity index (χ3v) is 5.41. The van der Waals surface area contributed by atoms with Crippen LogP contribution in [0.3, 0.4) is 0 Å². The van der Waals surface area contributed by atoms with E-state index in [1.165, 1.54) is 17.4 Å². The van der Waals surface area contributed by atoms with Gasteiger partial charge in [0.2, 0.25) is 11.5 Å². The summed E-state index contributed by atoms with van der Waals surface area (Å²) in [6.07, 6.45) is 1.17. The molecule has 28 heavy (non-hydrogen) atoms. The topological polar surface area (TPSA) is 104 Å². The fourth-order valence-electron chi connectivity index (χ4n) is 3.22. The molecule has 3 heterocycles. The lowest BCUT2D eigenvalue weighted by Gasteiger charge is -2.17. The van der Waals surface area contributed by atoms with Crippen LogP contribution in [0.4, 0.5) is 10.8 Å². The number of fused-ring (bicyclic) bond motifs is 1. The lowest BCUT2D eigenvalue weighted by molar-refractivity contribution is -0.116. The third-order valence-electron chi connectivity index (χ3n) is 4.52. The van der Waals surface area contributed by atoms with Crippen LogP contribution in [-0.4, -0.2) is 21.8 Å². The normalized spacial score (nSPS) is 13.0. The molecule has 7 nitrogen and oxygen atoms in total. The van der Waals surface area contributed by atoms with Crippen molar-refractivity contribution in [2.75, 3.05) is 10.6 Å². The van der Waals surface area contributed by atoms with Crippen LogP contribution in [0.15, 0.2) is 35.1 Å². The second kappa shape index (κ2) is 7.05. The maximum absolute atomic E-state index is 12.4. The number of nitrogens with zero attached hydrogens (tertiary/aromatic N) is 1. The maximum Gasteiger partial charge on any atom is 0.273 e. The number of pyridine rings is 1. The van der Waals surface area contributed by atoms with Gasteiger partial charge in [-0.2, -0.15) is 0 Å². The van der Waals surface area contributed by atoms with E-state index in [-0.39, 0.29) is 17.2 Å². The first-order chi connectivity index (χ1) is 13.4. The summed E-state index contributed by atoms with van der Waals surface area (Å²) in [7, 11) is 0. The number of aryl methyl sites for hydroxylation is 3. The van der Waals surface area contributed by atoms with Gasteiger partial charge in [-0.1, -0.05) is 6.07 Å². The van der Waals surface area contributed by atoms with Gasteiger partial charge >= 0.3 is 0 Å². The average Bonchev–Trinajstić information content (AvgIpc) is 3.00. The van der Waals surface area contributed by atoms with Crippen LogP contribution in [0, 0.1) is 13.8 Å². The van der Waals surface area contributed by atoms with E-state index in [4.69, 9.17) is 0 Å². The van der Waals surface area contributed by atoms with Crippen molar-refractivity contribution >= 4 is 34.0 Å². The van der Waals surface area contributed by atoms with Crippen LogP contribution >= 0.6 is 11.3 Å². The number of rotatable bonds is 3. The van der Waals surface area contributed by atoms with Gasteiger partial charge in [0.15, 0.2) is 5.13 Å². The van der Waals surface area contributed by atoms with Crippen molar-refractivity contribution in [1.29, 1.82) is 0 Å². The van der Waals surface area contributed by atoms with Crippen LogP contribution in [0.1, 0.15) is 32.9 Å². The number of amides is 2. The molecule has 0 aliphatic carbocycles. The smallest absolute Gasteiger partial charge is 0.273 e.